The highest BCUT2D eigenvalue weighted by molar-refractivity contribution is 5.83. The van der Waals surface area contributed by atoms with Crippen LogP contribution >= 0.6 is 0 Å². The number of carbonyl (C=O) groups is 1. The monoisotopic (exact) mass is 309 g/mol. The molecule has 1 N–H and O–H groups in total. The molecule has 0 heterocycles. The Bertz CT molecular complexity index is 599. The molecule has 5 aliphatic carbocycles. The van der Waals surface area contributed by atoms with Crippen LogP contribution < -0.4 is 5.32 Å². The third kappa shape index (κ3) is 2.25. The van der Waals surface area contributed by atoms with E-state index < -0.39 is 0 Å². The van der Waals surface area contributed by atoms with Crippen LogP contribution in [-0.2, 0) is 11.2 Å². The van der Waals surface area contributed by atoms with Gasteiger partial charge in [-0.3, -0.25) is 4.79 Å². The van der Waals surface area contributed by atoms with Crippen LogP contribution in [0.1, 0.15) is 68.5 Å². The van der Waals surface area contributed by atoms with Gasteiger partial charge in [0.15, 0.2) is 0 Å². The summed E-state index contributed by atoms with van der Waals surface area (Å²) < 4.78 is 0. The fraction of sp³-hybridized carbons (Fsp3) is 0.667. The Hall–Kier alpha value is -1.31. The first-order chi connectivity index (χ1) is 11.2. The summed E-state index contributed by atoms with van der Waals surface area (Å²) in [7, 11) is 0. The smallest absolute Gasteiger partial charge is 0.226 e. The van der Waals surface area contributed by atoms with Gasteiger partial charge in [0.25, 0.3) is 0 Å². The summed E-state index contributed by atoms with van der Waals surface area (Å²) in [5, 5.41) is 3.49. The minimum atomic E-state index is -0.0128. The summed E-state index contributed by atoms with van der Waals surface area (Å²) in [5.41, 5.74) is 2.80. The lowest BCUT2D eigenvalue weighted by Crippen LogP contribution is -2.54. The standard InChI is InChI=1S/C21H27NO/c23-20(21-11-14-8-15(12-21)10-16(9-14)13-21)22-19-7-3-5-17-4-1-2-6-18(17)19/h1-2,4,6,14-16,19H,3,5,7-13H2,(H,22,23)/t14?,15?,16?,19-,21?/m1/s1. The number of hydrogen-bond acceptors (Lipinski definition) is 1. The molecule has 2 heteroatoms. The van der Waals surface area contributed by atoms with Crippen LogP contribution in [0, 0.1) is 23.2 Å². The number of nitrogens with one attached hydrogen (secondary N) is 1. The highest BCUT2D eigenvalue weighted by Crippen LogP contribution is 2.60. The van der Waals surface area contributed by atoms with Crippen molar-refractivity contribution in [1.29, 1.82) is 0 Å². The van der Waals surface area contributed by atoms with Crippen molar-refractivity contribution in [2.45, 2.75) is 63.8 Å². The van der Waals surface area contributed by atoms with Gasteiger partial charge < -0.3 is 5.32 Å². The van der Waals surface area contributed by atoms with Crippen molar-refractivity contribution in [3.8, 4) is 0 Å². The average Bonchev–Trinajstić information content (AvgIpc) is 2.54. The number of aryl methyl sites for hydroxylation is 1. The second kappa shape index (κ2) is 5.09. The van der Waals surface area contributed by atoms with Crippen LogP contribution in [0.15, 0.2) is 24.3 Å². The topological polar surface area (TPSA) is 29.1 Å². The largest absolute Gasteiger partial charge is 0.349 e. The van der Waals surface area contributed by atoms with E-state index in [9.17, 15) is 4.79 Å². The minimum absolute atomic E-state index is 0.0128. The molecule has 5 aliphatic rings. The molecule has 1 aromatic carbocycles. The van der Waals surface area contributed by atoms with E-state index in [0.29, 0.717) is 5.91 Å². The van der Waals surface area contributed by atoms with Crippen LogP contribution in [0.2, 0.25) is 0 Å². The van der Waals surface area contributed by atoms with Gasteiger partial charge >= 0.3 is 0 Å². The molecule has 2 nitrogen and oxygen atoms in total. The van der Waals surface area contributed by atoms with Gasteiger partial charge in [0.1, 0.15) is 0 Å². The molecule has 1 amide bonds. The number of benzene rings is 1. The van der Waals surface area contributed by atoms with Crippen LogP contribution in [0.4, 0.5) is 0 Å². The lowest BCUT2D eigenvalue weighted by atomic mass is 9.49. The van der Waals surface area contributed by atoms with E-state index in [-0.39, 0.29) is 11.5 Å². The fourth-order valence-electron chi connectivity index (χ4n) is 6.60. The molecule has 1 atom stereocenters. The average molecular weight is 309 g/mol. The van der Waals surface area contributed by atoms with Crippen molar-refractivity contribution in [3.63, 3.8) is 0 Å². The van der Waals surface area contributed by atoms with Gasteiger partial charge in [-0.25, -0.2) is 0 Å². The van der Waals surface area contributed by atoms with E-state index in [0.717, 1.165) is 24.2 Å². The molecule has 0 spiro atoms. The number of rotatable bonds is 2. The first kappa shape index (κ1) is 14.1. The van der Waals surface area contributed by atoms with Crippen molar-refractivity contribution in [2.75, 3.05) is 0 Å². The fourth-order valence-corrected chi connectivity index (χ4v) is 6.60. The molecule has 0 radical (unpaired) electrons. The van der Waals surface area contributed by atoms with Crippen LogP contribution in [-0.4, -0.2) is 5.91 Å². The molecule has 122 valence electrons. The van der Waals surface area contributed by atoms with E-state index in [2.05, 4.69) is 29.6 Å². The molecule has 0 saturated heterocycles. The van der Waals surface area contributed by atoms with E-state index in [1.165, 1.54) is 62.5 Å². The van der Waals surface area contributed by atoms with Crippen LogP contribution in [0.5, 0.6) is 0 Å². The zero-order valence-corrected chi connectivity index (χ0v) is 13.9. The van der Waals surface area contributed by atoms with Gasteiger partial charge in [0, 0.05) is 5.41 Å². The molecule has 4 saturated carbocycles. The third-order valence-corrected chi connectivity index (χ3v) is 7.19. The van der Waals surface area contributed by atoms with E-state index in [4.69, 9.17) is 0 Å². The van der Waals surface area contributed by atoms with Gasteiger partial charge in [-0.2, -0.15) is 0 Å². The number of hydrogen-bond donors (Lipinski definition) is 1. The predicted molar refractivity (Wildman–Crippen MR) is 90.9 cm³/mol. The second-order valence-corrected chi connectivity index (χ2v) is 8.81. The molecule has 0 aliphatic heterocycles. The van der Waals surface area contributed by atoms with Gasteiger partial charge in [0.05, 0.1) is 6.04 Å². The maximum Gasteiger partial charge on any atom is 0.226 e. The Morgan fingerprint density at radius 3 is 2.35 bits per heavy atom. The summed E-state index contributed by atoms with van der Waals surface area (Å²) >= 11 is 0. The van der Waals surface area contributed by atoms with E-state index in [1.807, 2.05) is 0 Å². The molecular formula is C21H27NO. The zero-order valence-electron chi connectivity index (χ0n) is 13.9. The molecule has 6 rings (SSSR count). The van der Waals surface area contributed by atoms with Gasteiger partial charge in [-0.05, 0) is 86.7 Å². The third-order valence-electron chi connectivity index (χ3n) is 7.19. The molecule has 4 fully saturated rings. The van der Waals surface area contributed by atoms with Gasteiger partial charge in [0.2, 0.25) is 5.91 Å². The summed E-state index contributed by atoms with van der Waals surface area (Å²) in [6.45, 7) is 0. The predicted octanol–water partition coefficient (Wildman–Crippen LogP) is 4.40. The van der Waals surface area contributed by atoms with Crippen LogP contribution in [0.3, 0.4) is 0 Å². The Balaban J connectivity index is 1.38. The van der Waals surface area contributed by atoms with Crippen molar-refractivity contribution in [1.82, 2.24) is 5.32 Å². The van der Waals surface area contributed by atoms with Crippen molar-refractivity contribution >= 4 is 5.91 Å². The Labute approximate surface area is 139 Å². The lowest BCUT2D eigenvalue weighted by molar-refractivity contribution is -0.147. The number of fused-ring (bicyclic) bond motifs is 1. The Kier molecular flexibility index (Phi) is 3.11. The van der Waals surface area contributed by atoms with E-state index >= 15 is 0 Å². The van der Waals surface area contributed by atoms with Gasteiger partial charge in [-0.1, -0.05) is 24.3 Å². The number of amides is 1. The molecule has 1 aromatic rings. The van der Waals surface area contributed by atoms with Crippen molar-refractivity contribution < 1.29 is 4.79 Å². The first-order valence-corrected chi connectivity index (χ1v) is 9.61. The van der Waals surface area contributed by atoms with Crippen molar-refractivity contribution in [2.24, 2.45) is 23.2 Å². The zero-order chi connectivity index (χ0) is 15.4. The highest BCUT2D eigenvalue weighted by atomic mass is 16.2. The molecule has 0 aromatic heterocycles. The van der Waals surface area contributed by atoms with Gasteiger partial charge in [-0.15, -0.1) is 0 Å². The molecular weight excluding hydrogens is 282 g/mol. The molecule has 23 heavy (non-hydrogen) atoms. The summed E-state index contributed by atoms with van der Waals surface area (Å²) in [5.74, 6) is 2.90. The van der Waals surface area contributed by atoms with E-state index in [1.54, 1.807) is 0 Å². The SMILES string of the molecule is O=C(N[C@@H]1CCCc2ccccc21)C12CC3CC(CC(C3)C1)C2. The highest BCUT2D eigenvalue weighted by Gasteiger charge is 2.54. The first-order valence-electron chi connectivity index (χ1n) is 9.61. The summed E-state index contributed by atoms with van der Waals surface area (Å²) in [4.78, 5) is 13.3. The molecule has 0 unspecified atom stereocenters. The summed E-state index contributed by atoms with van der Waals surface area (Å²) in [6.07, 6.45) is 11.2. The van der Waals surface area contributed by atoms with Crippen LogP contribution in [0.25, 0.3) is 0 Å². The Morgan fingerprint density at radius 1 is 1.00 bits per heavy atom. The maximum atomic E-state index is 13.3. The second-order valence-electron chi connectivity index (χ2n) is 8.81. The van der Waals surface area contributed by atoms with Crippen molar-refractivity contribution in [3.05, 3.63) is 35.4 Å². The summed E-state index contributed by atoms with van der Waals surface area (Å²) in [6, 6.07) is 8.95. The molecule has 4 bridgehead atoms. The lowest BCUT2D eigenvalue weighted by Gasteiger charge is -2.56. The normalized spacial score (nSPS) is 40.7. The quantitative estimate of drug-likeness (QED) is 0.862. The number of carbonyl (C=O) groups excluding carboxylic acids is 1. The minimum Gasteiger partial charge on any atom is -0.349 e. The Morgan fingerprint density at radius 2 is 1.65 bits per heavy atom. The maximum absolute atomic E-state index is 13.3.